The van der Waals surface area contributed by atoms with Crippen LogP contribution in [0, 0.1) is 34.0 Å². The molecule has 4 aliphatic rings. The third-order valence-corrected chi connectivity index (χ3v) is 9.58. The molecule has 0 heterocycles. The molecule has 0 unspecified atom stereocenters. The number of ketones is 2. The van der Waals surface area contributed by atoms with Crippen molar-refractivity contribution in [2.45, 2.75) is 84.4 Å². The minimum Gasteiger partial charge on any atom is -0.457 e. The van der Waals surface area contributed by atoms with E-state index in [2.05, 4.69) is 0 Å². The van der Waals surface area contributed by atoms with Crippen LogP contribution in [0.1, 0.15) is 60.8 Å². The maximum atomic E-state index is 17.1. The molecule has 0 spiro atoms. The Bertz CT molecular complexity index is 1030. The SMILES string of the molecule is C[C@@H]1C[C@@H]2[C@H]3C[C@H](F)C4=CC(=O)C=C[C@]4(C)[C@@]3(F)[C@@H](O)C[C@]2(C)[C@@]1(O)C(=O)COC(=O)C(C)(C)C. The van der Waals surface area contributed by atoms with E-state index >= 15 is 8.78 Å². The Balaban J connectivity index is 1.72. The summed E-state index contributed by atoms with van der Waals surface area (Å²) >= 11 is 0. The molecule has 3 fully saturated rings. The molecular weight excluding hydrogens is 458 g/mol. The number of carbonyl (C=O) groups is 3. The Kier molecular flexibility index (Phi) is 5.81. The van der Waals surface area contributed by atoms with Crippen LogP contribution in [-0.4, -0.2) is 57.9 Å². The highest BCUT2D eigenvalue weighted by Crippen LogP contribution is 2.70. The summed E-state index contributed by atoms with van der Waals surface area (Å²) in [4.78, 5) is 37.5. The number of alkyl halides is 2. The molecule has 8 heteroatoms. The van der Waals surface area contributed by atoms with Gasteiger partial charge in [0.15, 0.2) is 18.1 Å². The number of rotatable bonds is 3. The summed E-state index contributed by atoms with van der Waals surface area (Å²) in [6.45, 7) is 9.15. The standard InChI is InChI=1S/C27H36F2O6/c1-14-9-16-17-11-19(28)18-10-15(30)7-8-24(18,5)26(17,29)20(31)12-25(16,6)27(14,34)21(32)13-35-22(33)23(2,3)4/h7-8,10,14,16-17,19-20,31,34H,9,11-13H2,1-6H3/t14-,16-,17-,19+,20+,24+,25+,26+,27+/m1/s1. The van der Waals surface area contributed by atoms with E-state index in [0.29, 0.717) is 0 Å². The van der Waals surface area contributed by atoms with Crippen LogP contribution in [0.5, 0.6) is 0 Å². The Morgan fingerprint density at radius 2 is 1.83 bits per heavy atom. The zero-order chi connectivity index (χ0) is 26.4. The van der Waals surface area contributed by atoms with Gasteiger partial charge in [0.2, 0.25) is 5.78 Å². The van der Waals surface area contributed by atoms with Crippen LogP contribution in [0.25, 0.3) is 0 Å². The van der Waals surface area contributed by atoms with E-state index < -0.39 is 81.7 Å². The van der Waals surface area contributed by atoms with E-state index in [0.717, 1.165) is 6.08 Å². The van der Waals surface area contributed by atoms with E-state index in [1.165, 1.54) is 19.1 Å². The molecule has 0 aromatic carbocycles. The van der Waals surface area contributed by atoms with Crippen molar-refractivity contribution in [1.82, 2.24) is 0 Å². The van der Waals surface area contributed by atoms with Gasteiger partial charge in [0.1, 0.15) is 11.8 Å². The van der Waals surface area contributed by atoms with Gasteiger partial charge in [0, 0.05) is 16.7 Å². The second-order valence-electron chi connectivity index (χ2n) is 12.5. The second-order valence-corrected chi connectivity index (χ2v) is 12.5. The molecule has 9 atom stereocenters. The fourth-order valence-electron chi connectivity index (χ4n) is 7.59. The van der Waals surface area contributed by atoms with Gasteiger partial charge in [0.05, 0.1) is 11.5 Å². The average Bonchev–Trinajstić information content (AvgIpc) is 2.96. The van der Waals surface area contributed by atoms with Crippen molar-refractivity contribution < 1.29 is 38.1 Å². The molecule has 3 saturated carbocycles. The Morgan fingerprint density at radius 1 is 1.20 bits per heavy atom. The minimum atomic E-state index is -2.28. The van der Waals surface area contributed by atoms with Crippen molar-refractivity contribution in [3.63, 3.8) is 0 Å². The lowest BCUT2D eigenvalue weighted by molar-refractivity contribution is -0.224. The van der Waals surface area contributed by atoms with Crippen LogP contribution in [-0.2, 0) is 19.1 Å². The molecule has 0 aliphatic heterocycles. The number of hydrogen-bond donors (Lipinski definition) is 2. The largest absolute Gasteiger partial charge is 0.457 e. The van der Waals surface area contributed by atoms with Crippen LogP contribution < -0.4 is 0 Å². The maximum absolute atomic E-state index is 17.1. The summed E-state index contributed by atoms with van der Waals surface area (Å²) in [6, 6.07) is 0. The van der Waals surface area contributed by atoms with Crippen molar-refractivity contribution in [1.29, 1.82) is 0 Å². The number of allylic oxidation sites excluding steroid dienone is 4. The first-order chi connectivity index (χ1) is 15.9. The summed E-state index contributed by atoms with van der Waals surface area (Å²) in [6.07, 6.45) is 0.249. The smallest absolute Gasteiger partial charge is 0.311 e. The molecule has 4 aliphatic carbocycles. The number of aliphatic hydroxyl groups excluding tert-OH is 1. The van der Waals surface area contributed by atoms with Gasteiger partial charge in [-0.1, -0.05) is 19.9 Å². The van der Waals surface area contributed by atoms with Gasteiger partial charge in [0.25, 0.3) is 0 Å². The molecule has 0 radical (unpaired) electrons. The van der Waals surface area contributed by atoms with Crippen molar-refractivity contribution >= 4 is 17.5 Å². The number of esters is 1. The summed E-state index contributed by atoms with van der Waals surface area (Å²) in [5, 5.41) is 23.2. The molecule has 194 valence electrons. The van der Waals surface area contributed by atoms with Crippen LogP contribution in [0.2, 0.25) is 0 Å². The first-order valence-corrected chi connectivity index (χ1v) is 12.3. The fraction of sp³-hybridized carbons (Fsp3) is 0.741. The number of carbonyl (C=O) groups excluding carboxylic acids is 3. The van der Waals surface area contributed by atoms with Crippen LogP contribution in [0.15, 0.2) is 23.8 Å². The summed E-state index contributed by atoms with van der Waals surface area (Å²) in [5.41, 5.74) is -7.87. The molecule has 4 rings (SSSR count). The molecule has 35 heavy (non-hydrogen) atoms. The van der Waals surface area contributed by atoms with Crippen molar-refractivity contribution in [2.75, 3.05) is 6.61 Å². The number of fused-ring (bicyclic) bond motifs is 5. The Labute approximate surface area is 204 Å². The van der Waals surface area contributed by atoms with Gasteiger partial charge in [-0.2, -0.15) is 0 Å². The number of Topliss-reactive ketones (excluding diaryl/α,β-unsaturated/α-hetero) is 1. The van der Waals surface area contributed by atoms with Gasteiger partial charge < -0.3 is 14.9 Å². The predicted molar refractivity (Wildman–Crippen MR) is 124 cm³/mol. The third-order valence-electron chi connectivity index (χ3n) is 9.58. The number of aliphatic hydroxyl groups is 2. The summed E-state index contributed by atoms with van der Waals surface area (Å²) in [7, 11) is 0. The topological polar surface area (TPSA) is 101 Å². The van der Waals surface area contributed by atoms with Crippen molar-refractivity contribution in [3.8, 4) is 0 Å². The fourth-order valence-corrected chi connectivity index (χ4v) is 7.59. The quantitative estimate of drug-likeness (QED) is 0.583. The normalized spacial score (nSPS) is 46.9. The average molecular weight is 495 g/mol. The molecular formula is C27H36F2O6. The highest BCUT2D eigenvalue weighted by molar-refractivity contribution is 6.01. The molecule has 0 aromatic heterocycles. The zero-order valence-corrected chi connectivity index (χ0v) is 21.2. The number of ether oxygens (including phenoxy) is 1. The lowest BCUT2D eigenvalue weighted by Gasteiger charge is -2.63. The zero-order valence-electron chi connectivity index (χ0n) is 21.2. The highest BCUT2D eigenvalue weighted by atomic mass is 19.1. The van der Waals surface area contributed by atoms with Crippen LogP contribution in [0.4, 0.5) is 8.78 Å². The predicted octanol–water partition coefficient (Wildman–Crippen LogP) is 3.44. The molecule has 2 N–H and O–H groups in total. The van der Waals surface area contributed by atoms with E-state index in [-0.39, 0.29) is 24.8 Å². The van der Waals surface area contributed by atoms with Crippen LogP contribution >= 0.6 is 0 Å². The van der Waals surface area contributed by atoms with Gasteiger partial charge in [-0.3, -0.25) is 14.4 Å². The second kappa shape index (κ2) is 7.78. The van der Waals surface area contributed by atoms with E-state index in [4.69, 9.17) is 4.74 Å². The number of hydrogen-bond acceptors (Lipinski definition) is 6. The first kappa shape index (κ1) is 26.1. The highest BCUT2D eigenvalue weighted by Gasteiger charge is 2.76. The van der Waals surface area contributed by atoms with Gasteiger partial charge in [-0.05, 0) is 76.5 Å². The monoisotopic (exact) mass is 494 g/mol. The third kappa shape index (κ3) is 3.28. The molecule has 0 amide bonds. The van der Waals surface area contributed by atoms with Crippen molar-refractivity contribution in [3.05, 3.63) is 23.8 Å². The summed E-state index contributed by atoms with van der Waals surface area (Å²) < 4.78 is 37.8. The van der Waals surface area contributed by atoms with E-state index in [1.807, 2.05) is 0 Å². The molecule has 0 aromatic rings. The summed E-state index contributed by atoms with van der Waals surface area (Å²) in [5.74, 6) is -3.94. The first-order valence-electron chi connectivity index (χ1n) is 12.3. The van der Waals surface area contributed by atoms with Gasteiger partial charge in [-0.25, -0.2) is 8.78 Å². The van der Waals surface area contributed by atoms with E-state index in [1.54, 1.807) is 34.6 Å². The number of halogens is 2. The van der Waals surface area contributed by atoms with E-state index in [9.17, 15) is 24.6 Å². The Morgan fingerprint density at radius 3 is 2.43 bits per heavy atom. The van der Waals surface area contributed by atoms with Gasteiger partial charge >= 0.3 is 5.97 Å². The van der Waals surface area contributed by atoms with Gasteiger partial charge in [-0.15, -0.1) is 0 Å². The molecule has 6 nitrogen and oxygen atoms in total. The Hall–Kier alpha value is -1.93. The van der Waals surface area contributed by atoms with Crippen LogP contribution in [0.3, 0.4) is 0 Å². The van der Waals surface area contributed by atoms with Crippen molar-refractivity contribution in [2.24, 2.45) is 34.0 Å². The lowest BCUT2D eigenvalue weighted by Crippen LogP contribution is -2.70. The minimum absolute atomic E-state index is 0.0258. The molecule has 0 bridgehead atoms. The maximum Gasteiger partial charge on any atom is 0.311 e. The molecule has 0 saturated heterocycles. The lowest BCUT2D eigenvalue weighted by atomic mass is 9.44.